The van der Waals surface area contributed by atoms with E-state index in [-0.39, 0.29) is 23.6 Å². The maximum Gasteiger partial charge on any atom is 0.258 e. The maximum absolute atomic E-state index is 12.5. The number of hydrogen-bond donors (Lipinski definition) is 1. The number of amides is 1. The topological polar surface area (TPSA) is 87.9 Å². The lowest BCUT2D eigenvalue weighted by Gasteiger charge is -2.13. The summed E-state index contributed by atoms with van der Waals surface area (Å²) >= 11 is 0. The Kier molecular flexibility index (Phi) is 5.59. The highest BCUT2D eigenvalue weighted by molar-refractivity contribution is 5.96. The lowest BCUT2D eigenvalue weighted by atomic mass is 10.1. The lowest BCUT2D eigenvalue weighted by Crippen LogP contribution is -2.26. The number of nitrogens with one attached hydrogen (secondary N) is 1. The second kappa shape index (κ2) is 8.26. The maximum atomic E-state index is 12.5. The van der Waals surface area contributed by atoms with Crippen molar-refractivity contribution in [2.24, 2.45) is 0 Å². The summed E-state index contributed by atoms with van der Waals surface area (Å²) < 4.78 is 5.86. The van der Waals surface area contributed by atoms with Crippen molar-refractivity contribution in [2.45, 2.75) is 31.6 Å². The van der Waals surface area contributed by atoms with Gasteiger partial charge in [-0.25, -0.2) is 4.98 Å². The van der Waals surface area contributed by atoms with Crippen molar-refractivity contribution in [3.05, 3.63) is 60.1 Å². The van der Waals surface area contributed by atoms with Gasteiger partial charge in [-0.2, -0.15) is 10.2 Å². The van der Waals surface area contributed by atoms with Crippen LogP contribution in [-0.2, 0) is 0 Å². The Morgan fingerprint density at radius 3 is 2.73 bits per heavy atom. The Bertz CT molecular complexity index is 837. The second-order valence-corrected chi connectivity index (χ2v) is 6.24. The van der Waals surface area contributed by atoms with E-state index in [4.69, 9.17) is 10.00 Å². The average Bonchev–Trinajstić information content (AvgIpc) is 3.21. The van der Waals surface area contributed by atoms with Gasteiger partial charge < -0.3 is 10.1 Å². The second-order valence-electron chi connectivity index (χ2n) is 6.24. The van der Waals surface area contributed by atoms with E-state index in [9.17, 15) is 4.79 Å². The molecule has 1 aromatic heterocycles. The van der Waals surface area contributed by atoms with Gasteiger partial charge in [0.25, 0.3) is 5.91 Å². The number of para-hydroxylation sites is 1. The van der Waals surface area contributed by atoms with Crippen LogP contribution >= 0.6 is 0 Å². The number of carbonyl (C=O) groups excluding carboxylic acids is 1. The predicted octanol–water partition coefficient (Wildman–Crippen LogP) is 3.74. The molecule has 0 unspecified atom stereocenters. The van der Waals surface area contributed by atoms with Crippen LogP contribution in [0.1, 0.15) is 47.8 Å². The summed E-state index contributed by atoms with van der Waals surface area (Å²) in [5.41, 5.74) is 0.508. The fourth-order valence-electron chi connectivity index (χ4n) is 2.92. The van der Waals surface area contributed by atoms with Crippen LogP contribution in [0.5, 0.6) is 11.6 Å². The minimum absolute atomic E-state index is 0.0739. The minimum Gasteiger partial charge on any atom is -0.438 e. The molecule has 2 aromatic rings. The number of nitriles is 1. The third-order valence-corrected chi connectivity index (χ3v) is 4.32. The van der Waals surface area contributed by atoms with Gasteiger partial charge in [-0.1, -0.05) is 37.6 Å². The molecular weight excluding hydrogens is 328 g/mol. The number of hydrogen-bond acceptors (Lipinski definition) is 5. The molecule has 0 atom stereocenters. The minimum atomic E-state index is -0.398. The van der Waals surface area contributed by atoms with Crippen LogP contribution in [0.15, 0.2) is 48.7 Å². The number of benzene rings is 1. The Hall–Kier alpha value is -3.20. The Morgan fingerprint density at radius 2 is 2.04 bits per heavy atom. The molecule has 1 N–H and O–H groups in total. The third-order valence-electron chi connectivity index (χ3n) is 4.32. The van der Waals surface area contributed by atoms with Gasteiger partial charge in [0.05, 0.1) is 12.6 Å². The SMILES string of the molecule is C=C(C#N)CNC(=O)c1cnc(C2CCCC2)nc1Oc1ccccc1. The highest BCUT2D eigenvalue weighted by atomic mass is 16.5. The van der Waals surface area contributed by atoms with Crippen LogP contribution in [0.2, 0.25) is 0 Å². The van der Waals surface area contributed by atoms with Gasteiger partial charge in [-0.3, -0.25) is 4.79 Å². The van der Waals surface area contributed by atoms with Gasteiger partial charge in [-0.05, 0) is 25.0 Å². The Morgan fingerprint density at radius 1 is 1.31 bits per heavy atom. The highest BCUT2D eigenvalue weighted by Crippen LogP contribution is 2.33. The normalized spacial score (nSPS) is 13.8. The van der Waals surface area contributed by atoms with Crippen molar-refractivity contribution in [1.82, 2.24) is 15.3 Å². The van der Waals surface area contributed by atoms with Gasteiger partial charge in [0, 0.05) is 17.7 Å². The largest absolute Gasteiger partial charge is 0.438 e. The fourth-order valence-corrected chi connectivity index (χ4v) is 2.92. The summed E-state index contributed by atoms with van der Waals surface area (Å²) in [4.78, 5) is 21.4. The van der Waals surface area contributed by atoms with E-state index in [0.717, 1.165) is 12.8 Å². The molecule has 0 radical (unpaired) electrons. The molecule has 0 aliphatic heterocycles. The average molecular weight is 348 g/mol. The number of nitrogens with zero attached hydrogens (tertiary/aromatic N) is 3. The molecule has 1 fully saturated rings. The molecule has 6 heteroatoms. The zero-order valence-electron chi connectivity index (χ0n) is 14.4. The van der Waals surface area contributed by atoms with Crippen molar-refractivity contribution >= 4 is 5.91 Å². The van der Waals surface area contributed by atoms with Crippen molar-refractivity contribution in [2.75, 3.05) is 6.54 Å². The molecule has 0 saturated heterocycles. The molecule has 0 bridgehead atoms. The summed E-state index contributed by atoms with van der Waals surface area (Å²) in [5.74, 6) is 1.45. The zero-order chi connectivity index (χ0) is 18.4. The van der Waals surface area contributed by atoms with Crippen LogP contribution in [-0.4, -0.2) is 22.4 Å². The van der Waals surface area contributed by atoms with Gasteiger partial charge in [0.15, 0.2) is 0 Å². The van der Waals surface area contributed by atoms with Crippen molar-refractivity contribution in [3.63, 3.8) is 0 Å². The smallest absolute Gasteiger partial charge is 0.258 e. The molecule has 1 amide bonds. The molecule has 26 heavy (non-hydrogen) atoms. The molecule has 1 aliphatic carbocycles. The first-order chi connectivity index (χ1) is 12.7. The summed E-state index contributed by atoms with van der Waals surface area (Å²) in [7, 11) is 0. The first-order valence-corrected chi connectivity index (χ1v) is 8.63. The molecule has 6 nitrogen and oxygen atoms in total. The van der Waals surface area contributed by atoms with Crippen LogP contribution < -0.4 is 10.1 Å². The summed E-state index contributed by atoms with van der Waals surface area (Å²) in [6.45, 7) is 3.63. The van der Waals surface area contributed by atoms with Gasteiger partial charge in [0.1, 0.15) is 17.1 Å². The number of carbonyl (C=O) groups is 1. The van der Waals surface area contributed by atoms with Gasteiger partial charge in [0.2, 0.25) is 5.88 Å². The molecule has 1 aliphatic rings. The molecule has 132 valence electrons. The van der Waals surface area contributed by atoms with Gasteiger partial charge in [-0.15, -0.1) is 0 Å². The quantitative estimate of drug-likeness (QED) is 0.804. The standard InChI is InChI=1S/C20H20N4O2/c1-14(11-21)12-23-19(25)17-13-22-18(15-7-5-6-8-15)24-20(17)26-16-9-3-2-4-10-16/h2-4,9-10,13,15H,1,5-8,12H2,(H,23,25). The van der Waals surface area contributed by atoms with Crippen molar-refractivity contribution < 1.29 is 9.53 Å². The molecule has 3 rings (SSSR count). The zero-order valence-corrected chi connectivity index (χ0v) is 14.4. The van der Waals surface area contributed by atoms with E-state index in [1.807, 2.05) is 24.3 Å². The summed E-state index contributed by atoms with van der Waals surface area (Å²) in [6, 6.07) is 11.1. The van der Waals surface area contributed by atoms with Crippen molar-refractivity contribution in [1.29, 1.82) is 5.26 Å². The van der Waals surface area contributed by atoms with E-state index in [1.54, 1.807) is 12.1 Å². The van der Waals surface area contributed by atoms with E-state index in [0.29, 0.717) is 17.5 Å². The molecule has 1 saturated carbocycles. The van der Waals surface area contributed by atoms with Crippen LogP contribution in [0.4, 0.5) is 0 Å². The predicted molar refractivity (Wildman–Crippen MR) is 96.8 cm³/mol. The fraction of sp³-hybridized carbons (Fsp3) is 0.300. The molecule has 1 heterocycles. The van der Waals surface area contributed by atoms with Crippen LogP contribution in [0.25, 0.3) is 0 Å². The number of aromatic nitrogens is 2. The molecule has 0 spiro atoms. The summed E-state index contributed by atoms with van der Waals surface area (Å²) in [5, 5.41) is 11.4. The van der Waals surface area contributed by atoms with Crippen LogP contribution in [0, 0.1) is 11.3 Å². The van der Waals surface area contributed by atoms with E-state index in [2.05, 4.69) is 21.9 Å². The molecular formula is C20H20N4O2. The van der Waals surface area contributed by atoms with Crippen LogP contribution in [0.3, 0.4) is 0 Å². The lowest BCUT2D eigenvalue weighted by molar-refractivity contribution is 0.0954. The monoisotopic (exact) mass is 348 g/mol. The molecule has 1 aromatic carbocycles. The van der Waals surface area contributed by atoms with E-state index < -0.39 is 5.91 Å². The Labute approximate surface area is 152 Å². The van der Waals surface area contributed by atoms with Gasteiger partial charge >= 0.3 is 0 Å². The Balaban J connectivity index is 1.87. The van der Waals surface area contributed by atoms with Crippen molar-refractivity contribution in [3.8, 4) is 17.7 Å². The third kappa shape index (κ3) is 4.25. The first-order valence-electron chi connectivity index (χ1n) is 8.63. The number of ether oxygens (including phenoxy) is 1. The van der Waals surface area contributed by atoms with E-state index in [1.165, 1.54) is 19.0 Å². The number of rotatable bonds is 6. The first kappa shape index (κ1) is 17.6. The summed E-state index contributed by atoms with van der Waals surface area (Å²) in [6.07, 6.45) is 5.95. The highest BCUT2D eigenvalue weighted by Gasteiger charge is 2.23. The van der Waals surface area contributed by atoms with E-state index >= 15 is 0 Å².